The van der Waals surface area contributed by atoms with Gasteiger partial charge in [0.05, 0.1) is 12.5 Å². The molecular formula is C13H24N2. The summed E-state index contributed by atoms with van der Waals surface area (Å²) in [5.74, 6) is 1.71. The molecule has 0 saturated heterocycles. The van der Waals surface area contributed by atoms with Crippen molar-refractivity contribution in [2.75, 3.05) is 7.05 Å². The van der Waals surface area contributed by atoms with Gasteiger partial charge in [0, 0.05) is 12.1 Å². The fourth-order valence-corrected chi connectivity index (χ4v) is 2.53. The fraction of sp³-hybridized carbons (Fsp3) is 0.923. The molecule has 1 fully saturated rings. The Kier molecular flexibility index (Phi) is 4.60. The molecule has 0 radical (unpaired) electrons. The summed E-state index contributed by atoms with van der Waals surface area (Å²) in [7, 11) is 2.18. The average Bonchev–Trinajstić information content (AvgIpc) is 2.21. The van der Waals surface area contributed by atoms with Gasteiger partial charge in [-0.3, -0.25) is 4.90 Å². The second-order valence-corrected chi connectivity index (χ2v) is 5.30. The third kappa shape index (κ3) is 3.21. The molecule has 1 rings (SSSR count). The van der Waals surface area contributed by atoms with Gasteiger partial charge in [0.1, 0.15) is 0 Å². The van der Waals surface area contributed by atoms with Crippen LogP contribution in [0.2, 0.25) is 0 Å². The van der Waals surface area contributed by atoms with Crippen LogP contribution in [0.3, 0.4) is 0 Å². The maximum atomic E-state index is 8.70. The van der Waals surface area contributed by atoms with Crippen molar-refractivity contribution in [2.24, 2.45) is 11.8 Å². The second kappa shape index (κ2) is 5.51. The number of hydrogen-bond acceptors (Lipinski definition) is 2. The molecule has 2 heteroatoms. The Labute approximate surface area is 94.3 Å². The van der Waals surface area contributed by atoms with Crippen molar-refractivity contribution in [1.29, 1.82) is 5.26 Å². The molecule has 4 unspecified atom stereocenters. The Morgan fingerprint density at radius 3 is 2.53 bits per heavy atom. The molecule has 0 aromatic carbocycles. The molecule has 0 aliphatic heterocycles. The van der Waals surface area contributed by atoms with E-state index in [1.807, 2.05) is 0 Å². The molecule has 86 valence electrons. The average molecular weight is 208 g/mol. The van der Waals surface area contributed by atoms with Crippen LogP contribution in [0, 0.1) is 23.2 Å². The van der Waals surface area contributed by atoms with E-state index in [1.165, 1.54) is 19.3 Å². The van der Waals surface area contributed by atoms with Gasteiger partial charge in [-0.15, -0.1) is 0 Å². The molecule has 4 atom stereocenters. The maximum absolute atomic E-state index is 8.70. The quantitative estimate of drug-likeness (QED) is 0.713. The van der Waals surface area contributed by atoms with Crippen LogP contribution in [0.4, 0.5) is 0 Å². The van der Waals surface area contributed by atoms with Crippen LogP contribution in [0.1, 0.15) is 46.5 Å². The molecule has 0 bridgehead atoms. The fourth-order valence-electron chi connectivity index (χ4n) is 2.53. The van der Waals surface area contributed by atoms with Gasteiger partial charge in [-0.25, -0.2) is 0 Å². The van der Waals surface area contributed by atoms with Crippen LogP contribution >= 0.6 is 0 Å². The lowest BCUT2D eigenvalue weighted by Gasteiger charge is -2.39. The van der Waals surface area contributed by atoms with Gasteiger partial charge in [0.25, 0.3) is 0 Å². The topological polar surface area (TPSA) is 27.0 Å². The predicted molar refractivity (Wildman–Crippen MR) is 63.4 cm³/mol. The molecular weight excluding hydrogens is 184 g/mol. The molecule has 1 aliphatic carbocycles. The largest absolute Gasteiger partial charge is 0.300 e. The highest BCUT2D eigenvalue weighted by molar-refractivity contribution is 4.86. The van der Waals surface area contributed by atoms with Crippen LogP contribution in [-0.2, 0) is 0 Å². The van der Waals surface area contributed by atoms with Crippen molar-refractivity contribution in [3.63, 3.8) is 0 Å². The van der Waals surface area contributed by atoms with Gasteiger partial charge in [-0.1, -0.05) is 13.8 Å². The van der Waals surface area contributed by atoms with Crippen LogP contribution in [0.15, 0.2) is 0 Å². The minimum atomic E-state index is 0.403. The zero-order valence-corrected chi connectivity index (χ0v) is 10.5. The van der Waals surface area contributed by atoms with Crippen LogP contribution in [0.5, 0.6) is 0 Å². The summed E-state index contributed by atoms with van der Waals surface area (Å²) in [5, 5.41) is 8.70. The summed E-state index contributed by atoms with van der Waals surface area (Å²) >= 11 is 0. The molecule has 1 aliphatic rings. The third-order valence-electron chi connectivity index (χ3n) is 4.23. The second-order valence-electron chi connectivity index (χ2n) is 5.30. The first kappa shape index (κ1) is 12.5. The van der Waals surface area contributed by atoms with E-state index in [2.05, 4.69) is 38.8 Å². The number of nitriles is 1. The molecule has 0 spiro atoms. The highest BCUT2D eigenvalue weighted by atomic mass is 15.2. The molecule has 2 nitrogen and oxygen atoms in total. The first-order valence-corrected chi connectivity index (χ1v) is 6.15. The van der Waals surface area contributed by atoms with E-state index in [4.69, 9.17) is 5.26 Å². The van der Waals surface area contributed by atoms with E-state index >= 15 is 0 Å². The molecule has 15 heavy (non-hydrogen) atoms. The minimum absolute atomic E-state index is 0.403. The lowest BCUT2D eigenvalue weighted by molar-refractivity contribution is 0.103. The zero-order chi connectivity index (χ0) is 11.4. The molecule has 0 aromatic rings. The monoisotopic (exact) mass is 208 g/mol. The highest BCUT2D eigenvalue weighted by Crippen LogP contribution is 2.32. The van der Waals surface area contributed by atoms with E-state index < -0.39 is 0 Å². The third-order valence-corrected chi connectivity index (χ3v) is 4.23. The number of nitrogens with zero attached hydrogens (tertiary/aromatic N) is 2. The van der Waals surface area contributed by atoms with Gasteiger partial charge in [0.15, 0.2) is 0 Å². The van der Waals surface area contributed by atoms with Crippen LogP contribution in [-0.4, -0.2) is 24.0 Å². The molecule has 0 heterocycles. The van der Waals surface area contributed by atoms with Crippen molar-refractivity contribution in [1.82, 2.24) is 4.90 Å². The molecule has 1 saturated carbocycles. The van der Waals surface area contributed by atoms with Crippen LogP contribution < -0.4 is 0 Å². The number of rotatable bonds is 3. The van der Waals surface area contributed by atoms with Gasteiger partial charge >= 0.3 is 0 Å². The summed E-state index contributed by atoms with van der Waals surface area (Å²) in [4.78, 5) is 2.41. The van der Waals surface area contributed by atoms with Crippen molar-refractivity contribution >= 4 is 0 Å². The van der Waals surface area contributed by atoms with Gasteiger partial charge < -0.3 is 0 Å². The lowest BCUT2D eigenvalue weighted by atomic mass is 9.78. The minimum Gasteiger partial charge on any atom is -0.300 e. The summed E-state index contributed by atoms with van der Waals surface area (Å²) < 4.78 is 0. The van der Waals surface area contributed by atoms with E-state index in [-0.39, 0.29) is 0 Å². The molecule has 0 N–H and O–H groups in total. The van der Waals surface area contributed by atoms with E-state index in [1.54, 1.807) is 0 Å². The van der Waals surface area contributed by atoms with Gasteiger partial charge in [0.2, 0.25) is 0 Å². The van der Waals surface area contributed by atoms with Crippen molar-refractivity contribution in [3.8, 4) is 6.07 Å². The molecule has 0 aromatic heterocycles. The van der Waals surface area contributed by atoms with Gasteiger partial charge in [-0.2, -0.15) is 5.26 Å². The van der Waals surface area contributed by atoms with Crippen molar-refractivity contribution in [2.45, 2.75) is 58.5 Å². The van der Waals surface area contributed by atoms with Gasteiger partial charge in [-0.05, 0) is 45.1 Å². The SMILES string of the molecule is CC1CCC(N(C)C(C)CC#N)CC1C. The normalized spacial score (nSPS) is 33.7. The number of hydrogen-bond donors (Lipinski definition) is 0. The standard InChI is InChI=1S/C13H24N2/c1-10-5-6-13(9-11(10)2)15(4)12(3)7-8-14/h10-13H,5-7,9H2,1-4H3. The van der Waals surface area contributed by atoms with Crippen LogP contribution in [0.25, 0.3) is 0 Å². The summed E-state index contributed by atoms with van der Waals surface area (Å²) in [6.07, 6.45) is 4.59. The highest BCUT2D eigenvalue weighted by Gasteiger charge is 2.28. The smallest absolute Gasteiger partial charge is 0.0638 e. The van der Waals surface area contributed by atoms with E-state index in [9.17, 15) is 0 Å². The Bertz CT molecular complexity index is 231. The summed E-state index contributed by atoms with van der Waals surface area (Å²) in [5.41, 5.74) is 0. The lowest BCUT2D eigenvalue weighted by Crippen LogP contribution is -2.42. The molecule has 0 amide bonds. The predicted octanol–water partition coefficient (Wildman–Crippen LogP) is 3.05. The summed E-state index contributed by atoms with van der Waals surface area (Å²) in [6, 6.07) is 3.36. The van der Waals surface area contributed by atoms with Crippen molar-refractivity contribution in [3.05, 3.63) is 0 Å². The first-order valence-electron chi connectivity index (χ1n) is 6.15. The zero-order valence-electron chi connectivity index (χ0n) is 10.5. The van der Waals surface area contributed by atoms with Crippen molar-refractivity contribution < 1.29 is 0 Å². The first-order chi connectivity index (χ1) is 7.06. The van der Waals surface area contributed by atoms with E-state index in [0.29, 0.717) is 18.5 Å². The van der Waals surface area contributed by atoms with E-state index in [0.717, 1.165) is 11.8 Å². The Hall–Kier alpha value is -0.550. The maximum Gasteiger partial charge on any atom is 0.0638 e. The Morgan fingerprint density at radius 1 is 1.33 bits per heavy atom. The summed E-state index contributed by atoms with van der Waals surface area (Å²) in [6.45, 7) is 6.88. The Morgan fingerprint density at radius 2 is 2.00 bits per heavy atom. The Balaban J connectivity index is 2.47.